The first-order valence-electron chi connectivity index (χ1n) is 10.2. The number of amides is 4. The van der Waals surface area contributed by atoms with Gasteiger partial charge < -0.3 is 37.6 Å². The highest BCUT2D eigenvalue weighted by atomic mass is 32.2. The molecule has 0 saturated carbocycles. The van der Waals surface area contributed by atoms with Crippen molar-refractivity contribution < 1.29 is 39.0 Å². The van der Waals surface area contributed by atoms with Crippen molar-refractivity contribution in [2.75, 3.05) is 12.0 Å². The van der Waals surface area contributed by atoms with Crippen LogP contribution in [0.25, 0.3) is 0 Å². The number of hydrogen-bond acceptors (Lipinski definition) is 8. The van der Waals surface area contributed by atoms with E-state index in [1.807, 2.05) is 0 Å². The lowest BCUT2D eigenvalue weighted by Gasteiger charge is -2.25. The van der Waals surface area contributed by atoms with E-state index in [1.165, 1.54) is 11.8 Å². The zero-order chi connectivity index (χ0) is 25.7. The number of carboxylic acid groups (broad SMARTS) is 2. The van der Waals surface area contributed by atoms with E-state index < -0.39 is 72.6 Å². The van der Waals surface area contributed by atoms with Crippen LogP contribution in [0.5, 0.6) is 0 Å². The highest BCUT2D eigenvalue weighted by molar-refractivity contribution is 7.98. The van der Waals surface area contributed by atoms with Crippen LogP contribution in [0, 0.1) is 5.92 Å². The minimum absolute atomic E-state index is 0.0178. The Morgan fingerprint density at radius 3 is 1.82 bits per heavy atom. The fourth-order valence-corrected chi connectivity index (χ4v) is 3.18. The van der Waals surface area contributed by atoms with Gasteiger partial charge in [0.25, 0.3) is 0 Å². The molecule has 0 aliphatic rings. The Kier molecular flexibility index (Phi) is 13.7. The molecule has 0 spiro atoms. The fraction of sp³-hybridized carbons (Fsp3) is 0.684. The van der Waals surface area contributed by atoms with Gasteiger partial charge in [-0.3, -0.25) is 24.0 Å². The molecule has 4 atom stereocenters. The second-order valence-corrected chi connectivity index (χ2v) is 8.79. The number of carboxylic acids is 2. The van der Waals surface area contributed by atoms with Gasteiger partial charge in [0.2, 0.25) is 23.6 Å². The monoisotopic (exact) mass is 491 g/mol. The number of carbonyl (C=O) groups excluding carboxylic acids is 4. The average Bonchev–Trinajstić information content (AvgIpc) is 2.68. The predicted molar refractivity (Wildman–Crippen MR) is 120 cm³/mol. The molecule has 14 heteroatoms. The van der Waals surface area contributed by atoms with Crippen molar-refractivity contribution in [3.63, 3.8) is 0 Å². The molecular formula is C19H33N5O8S. The summed E-state index contributed by atoms with van der Waals surface area (Å²) in [5.74, 6) is -5.73. The summed E-state index contributed by atoms with van der Waals surface area (Å²) >= 11 is 1.39. The SMILES string of the molecule is CSCCC(NC(=O)C(CC(N)=O)NC(=O)C(N)CC(=O)O)C(=O)NC(CC(C)C)C(=O)O. The Bertz CT molecular complexity index is 733. The van der Waals surface area contributed by atoms with Crippen LogP contribution in [0.4, 0.5) is 0 Å². The van der Waals surface area contributed by atoms with Crippen LogP contribution >= 0.6 is 11.8 Å². The van der Waals surface area contributed by atoms with Gasteiger partial charge in [0, 0.05) is 0 Å². The molecule has 0 bridgehead atoms. The molecule has 33 heavy (non-hydrogen) atoms. The van der Waals surface area contributed by atoms with Crippen molar-refractivity contribution in [1.29, 1.82) is 0 Å². The minimum atomic E-state index is -1.51. The summed E-state index contributed by atoms with van der Waals surface area (Å²) in [6, 6.07) is -5.31. The molecule has 0 radical (unpaired) electrons. The van der Waals surface area contributed by atoms with Crippen molar-refractivity contribution in [1.82, 2.24) is 16.0 Å². The molecule has 4 amide bonds. The van der Waals surface area contributed by atoms with E-state index in [-0.39, 0.29) is 18.8 Å². The van der Waals surface area contributed by atoms with Crippen LogP contribution in [-0.4, -0.2) is 82.0 Å². The number of carbonyl (C=O) groups is 6. The topological polar surface area (TPSA) is 231 Å². The number of rotatable bonds is 16. The molecule has 0 rings (SSSR count). The third-order valence-electron chi connectivity index (χ3n) is 4.33. The average molecular weight is 492 g/mol. The van der Waals surface area contributed by atoms with Crippen molar-refractivity contribution in [3.8, 4) is 0 Å². The summed E-state index contributed by atoms with van der Waals surface area (Å²) in [6.45, 7) is 3.59. The van der Waals surface area contributed by atoms with Gasteiger partial charge in [-0.2, -0.15) is 11.8 Å². The van der Waals surface area contributed by atoms with Crippen LogP contribution in [0.3, 0.4) is 0 Å². The minimum Gasteiger partial charge on any atom is -0.481 e. The lowest BCUT2D eigenvalue weighted by molar-refractivity contribution is -0.143. The number of aliphatic carboxylic acids is 2. The van der Waals surface area contributed by atoms with Crippen LogP contribution in [0.2, 0.25) is 0 Å². The number of nitrogens with one attached hydrogen (secondary N) is 3. The second-order valence-electron chi connectivity index (χ2n) is 7.81. The molecule has 9 N–H and O–H groups in total. The summed E-state index contributed by atoms with van der Waals surface area (Å²) in [7, 11) is 0. The maximum Gasteiger partial charge on any atom is 0.326 e. The second kappa shape index (κ2) is 15.1. The van der Waals surface area contributed by atoms with Gasteiger partial charge in [0.05, 0.1) is 18.9 Å². The Labute approximate surface area is 195 Å². The Morgan fingerprint density at radius 2 is 1.36 bits per heavy atom. The van der Waals surface area contributed by atoms with Crippen molar-refractivity contribution in [2.45, 2.75) is 63.7 Å². The van der Waals surface area contributed by atoms with Gasteiger partial charge in [0.15, 0.2) is 0 Å². The van der Waals surface area contributed by atoms with Crippen molar-refractivity contribution >= 4 is 47.3 Å². The maximum atomic E-state index is 12.7. The molecular weight excluding hydrogens is 458 g/mol. The summed E-state index contributed by atoms with van der Waals surface area (Å²) in [5, 5.41) is 25.1. The standard InChI is InChI=1S/C19H33N5O8S/c1-9(2)6-13(19(31)32)24-17(29)11(4-5-33-3)22-18(30)12(8-14(21)25)23-16(28)10(20)7-15(26)27/h9-13H,4-8,20H2,1-3H3,(H2,21,25)(H,22,30)(H,23,28)(H,24,29)(H,26,27)(H,31,32). The van der Waals surface area contributed by atoms with Gasteiger partial charge in [-0.05, 0) is 30.8 Å². The highest BCUT2D eigenvalue weighted by Crippen LogP contribution is 2.08. The van der Waals surface area contributed by atoms with Gasteiger partial charge >= 0.3 is 11.9 Å². The van der Waals surface area contributed by atoms with Crippen molar-refractivity contribution in [3.05, 3.63) is 0 Å². The largest absolute Gasteiger partial charge is 0.481 e. The van der Waals surface area contributed by atoms with Gasteiger partial charge in [-0.25, -0.2) is 4.79 Å². The zero-order valence-electron chi connectivity index (χ0n) is 18.8. The van der Waals surface area contributed by atoms with E-state index in [9.17, 15) is 33.9 Å². The molecule has 0 aromatic rings. The fourth-order valence-electron chi connectivity index (χ4n) is 2.71. The zero-order valence-corrected chi connectivity index (χ0v) is 19.6. The molecule has 13 nitrogen and oxygen atoms in total. The maximum absolute atomic E-state index is 12.7. The van der Waals surface area contributed by atoms with E-state index in [0.29, 0.717) is 5.75 Å². The van der Waals surface area contributed by atoms with E-state index in [2.05, 4.69) is 16.0 Å². The van der Waals surface area contributed by atoms with Crippen molar-refractivity contribution in [2.24, 2.45) is 17.4 Å². The summed E-state index contributed by atoms with van der Waals surface area (Å²) in [4.78, 5) is 71.1. The number of nitrogens with two attached hydrogens (primary N) is 2. The molecule has 0 saturated heterocycles. The van der Waals surface area contributed by atoms with Crippen LogP contribution in [0.1, 0.15) is 39.5 Å². The predicted octanol–water partition coefficient (Wildman–Crippen LogP) is -2.00. The third-order valence-corrected chi connectivity index (χ3v) is 4.98. The number of primary amides is 1. The molecule has 0 aromatic heterocycles. The molecule has 0 aliphatic heterocycles. The first-order chi connectivity index (χ1) is 15.3. The Morgan fingerprint density at radius 1 is 0.848 bits per heavy atom. The number of hydrogen-bond donors (Lipinski definition) is 7. The lowest BCUT2D eigenvalue weighted by atomic mass is 10.0. The quantitative estimate of drug-likeness (QED) is 0.125. The molecule has 0 fully saturated rings. The molecule has 0 aromatic carbocycles. The Hall–Kier alpha value is -2.87. The molecule has 0 aliphatic carbocycles. The first-order valence-corrected chi connectivity index (χ1v) is 11.6. The normalized spacial score (nSPS) is 14.5. The van der Waals surface area contributed by atoms with E-state index in [1.54, 1.807) is 20.1 Å². The van der Waals surface area contributed by atoms with Gasteiger partial charge in [-0.1, -0.05) is 13.8 Å². The van der Waals surface area contributed by atoms with Gasteiger partial charge in [0.1, 0.15) is 18.1 Å². The highest BCUT2D eigenvalue weighted by Gasteiger charge is 2.31. The first kappa shape index (κ1) is 30.1. The lowest BCUT2D eigenvalue weighted by Crippen LogP contribution is -2.58. The molecule has 4 unspecified atom stereocenters. The van der Waals surface area contributed by atoms with Crippen LogP contribution < -0.4 is 27.4 Å². The van der Waals surface area contributed by atoms with Crippen LogP contribution in [-0.2, 0) is 28.8 Å². The summed E-state index contributed by atoms with van der Waals surface area (Å²) in [6.07, 6.45) is 0.755. The van der Waals surface area contributed by atoms with E-state index in [0.717, 1.165) is 0 Å². The number of thioether (sulfide) groups is 1. The summed E-state index contributed by atoms with van der Waals surface area (Å²) in [5.41, 5.74) is 10.6. The molecule has 0 heterocycles. The summed E-state index contributed by atoms with van der Waals surface area (Å²) < 4.78 is 0. The van der Waals surface area contributed by atoms with E-state index >= 15 is 0 Å². The smallest absolute Gasteiger partial charge is 0.326 e. The van der Waals surface area contributed by atoms with Crippen LogP contribution in [0.15, 0.2) is 0 Å². The Balaban J connectivity index is 5.49. The third kappa shape index (κ3) is 12.7. The molecule has 188 valence electrons. The van der Waals surface area contributed by atoms with E-state index in [4.69, 9.17) is 16.6 Å². The van der Waals surface area contributed by atoms with Gasteiger partial charge in [-0.15, -0.1) is 0 Å².